The summed E-state index contributed by atoms with van der Waals surface area (Å²) < 4.78 is 26.5. The first kappa shape index (κ1) is 16.2. The van der Waals surface area contributed by atoms with E-state index in [0.29, 0.717) is 39.8 Å². The van der Waals surface area contributed by atoms with E-state index in [2.05, 4.69) is 9.97 Å². The number of rotatable bonds is 4. The van der Waals surface area contributed by atoms with Crippen LogP contribution in [0.2, 0.25) is 10.0 Å². The van der Waals surface area contributed by atoms with E-state index < -0.39 is 17.7 Å². The smallest absolute Gasteiger partial charge is 0.129 e. The lowest BCUT2D eigenvalue weighted by atomic mass is 10.0. The zero-order valence-electron chi connectivity index (χ0n) is 11.9. The molecule has 0 bridgehead atoms. The Morgan fingerprint density at radius 1 is 1.13 bits per heavy atom. The molecule has 0 unspecified atom stereocenters. The standard InChI is InChI=1S/C16H13Cl2F2N3/c17-10-6-14-15(7-11(10)18)23-16(22-14)13(21)4-2-8-1-3-9(19)5-12(8)20/h1,3,5-7,13H,2,4,21H2,(H,22,23)/t13-/m1/s1. The molecule has 1 atom stereocenters. The molecule has 0 amide bonds. The monoisotopic (exact) mass is 355 g/mol. The lowest BCUT2D eigenvalue weighted by Gasteiger charge is -2.09. The fraction of sp³-hybridized carbons (Fsp3) is 0.188. The Balaban J connectivity index is 1.76. The van der Waals surface area contributed by atoms with Gasteiger partial charge in [-0.3, -0.25) is 0 Å². The van der Waals surface area contributed by atoms with Crippen LogP contribution in [0.25, 0.3) is 11.0 Å². The fourth-order valence-electron chi connectivity index (χ4n) is 2.37. The number of benzene rings is 2. The van der Waals surface area contributed by atoms with Crippen LogP contribution in [0, 0.1) is 11.6 Å². The number of imidazole rings is 1. The molecule has 3 N–H and O–H groups in total. The van der Waals surface area contributed by atoms with E-state index in [1.807, 2.05) is 0 Å². The number of hydrogen-bond acceptors (Lipinski definition) is 2. The molecular weight excluding hydrogens is 343 g/mol. The molecule has 0 fully saturated rings. The topological polar surface area (TPSA) is 54.7 Å². The van der Waals surface area contributed by atoms with Gasteiger partial charge in [-0.05, 0) is 36.6 Å². The Kier molecular flexibility index (Phi) is 4.53. The molecule has 0 radical (unpaired) electrons. The number of halogens is 4. The molecule has 0 saturated heterocycles. The number of aromatic amines is 1. The maximum atomic E-state index is 13.6. The molecule has 3 aromatic rings. The third kappa shape index (κ3) is 3.47. The van der Waals surface area contributed by atoms with Crippen molar-refractivity contribution in [3.05, 3.63) is 63.4 Å². The highest BCUT2D eigenvalue weighted by Crippen LogP contribution is 2.28. The molecule has 0 saturated carbocycles. The van der Waals surface area contributed by atoms with Crippen molar-refractivity contribution in [2.45, 2.75) is 18.9 Å². The number of nitrogens with one attached hydrogen (secondary N) is 1. The first-order valence-corrected chi connectivity index (χ1v) is 7.74. The lowest BCUT2D eigenvalue weighted by Crippen LogP contribution is -2.13. The Hall–Kier alpha value is -1.69. The molecule has 3 nitrogen and oxygen atoms in total. The van der Waals surface area contributed by atoms with Gasteiger partial charge in [0.2, 0.25) is 0 Å². The summed E-state index contributed by atoms with van der Waals surface area (Å²) in [6.07, 6.45) is 0.843. The van der Waals surface area contributed by atoms with Crippen molar-refractivity contribution in [1.82, 2.24) is 9.97 Å². The quantitative estimate of drug-likeness (QED) is 0.707. The molecule has 1 aromatic heterocycles. The van der Waals surface area contributed by atoms with Gasteiger partial charge >= 0.3 is 0 Å². The van der Waals surface area contributed by atoms with Crippen LogP contribution < -0.4 is 5.73 Å². The van der Waals surface area contributed by atoms with Gasteiger partial charge in [0.25, 0.3) is 0 Å². The molecule has 0 aliphatic rings. The summed E-state index contributed by atoms with van der Waals surface area (Å²) in [5.74, 6) is -0.595. The highest BCUT2D eigenvalue weighted by molar-refractivity contribution is 6.42. The van der Waals surface area contributed by atoms with Gasteiger partial charge in [-0.1, -0.05) is 29.3 Å². The second-order valence-electron chi connectivity index (χ2n) is 5.29. The van der Waals surface area contributed by atoms with Crippen molar-refractivity contribution in [2.75, 3.05) is 0 Å². The van der Waals surface area contributed by atoms with Gasteiger partial charge in [0.15, 0.2) is 0 Å². The Morgan fingerprint density at radius 2 is 1.87 bits per heavy atom. The first-order chi connectivity index (χ1) is 10.9. The van der Waals surface area contributed by atoms with Crippen LogP contribution >= 0.6 is 23.2 Å². The number of aryl methyl sites for hydroxylation is 1. The van der Waals surface area contributed by atoms with Gasteiger partial charge in [0.05, 0.1) is 27.1 Å². The summed E-state index contributed by atoms with van der Waals surface area (Å²) in [6.45, 7) is 0. The Bertz CT molecular complexity index is 825. The summed E-state index contributed by atoms with van der Waals surface area (Å²) in [5, 5.41) is 0.843. The van der Waals surface area contributed by atoms with Crippen LogP contribution in [0.1, 0.15) is 23.9 Å². The van der Waals surface area contributed by atoms with Crippen molar-refractivity contribution in [3.8, 4) is 0 Å². The number of hydrogen-bond donors (Lipinski definition) is 2. The molecule has 23 heavy (non-hydrogen) atoms. The highest BCUT2D eigenvalue weighted by Gasteiger charge is 2.14. The highest BCUT2D eigenvalue weighted by atomic mass is 35.5. The van der Waals surface area contributed by atoms with E-state index in [4.69, 9.17) is 28.9 Å². The zero-order chi connectivity index (χ0) is 16.6. The second-order valence-corrected chi connectivity index (χ2v) is 6.10. The van der Waals surface area contributed by atoms with Gasteiger partial charge in [0.1, 0.15) is 17.5 Å². The fourth-order valence-corrected chi connectivity index (χ4v) is 2.69. The molecule has 0 aliphatic heterocycles. The summed E-state index contributed by atoms with van der Waals surface area (Å²) in [4.78, 5) is 7.48. The Labute approximate surface area is 141 Å². The molecule has 0 spiro atoms. The van der Waals surface area contributed by atoms with Crippen LogP contribution in [-0.2, 0) is 6.42 Å². The van der Waals surface area contributed by atoms with Crippen molar-refractivity contribution in [3.63, 3.8) is 0 Å². The number of fused-ring (bicyclic) bond motifs is 1. The summed E-state index contributed by atoms with van der Waals surface area (Å²) >= 11 is 11.9. The summed E-state index contributed by atoms with van der Waals surface area (Å²) in [6, 6.07) is 6.45. The van der Waals surface area contributed by atoms with Crippen molar-refractivity contribution >= 4 is 34.2 Å². The van der Waals surface area contributed by atoms with E-state index in [-0.39, 0.29) is 0 Å². The minimum absolute atomic E-state index is 0.381. The molecule has 2 aromatic carbocycles. The third-order valence-corrected chi connectivity index (χ3v) is 4.36. The predicted molar refractivity (Wildman–Crippen MR) is 87.7 cm³/mol. The predicted octanol–water partition coefficient (Wildman–Crippen LogP) is 4.78. The van der Waals surface area contributed by atoms with Crippen molar-refractivity contribution in [2.24, 2.45) is 5.73 Å². The normalized spacial score (nSPS) is 12.7. The third-order valence-electron chi connectivity index (χ3n) is 3.63. The van der Waals surface area contributed by atoms with E-state index in [9.17, 15) is 8.78 Å². The first-order valence-electron chi connectivity index (χ1n) is 6.98. The van der Waals surface area contributed by atoms with Gasteiger partial charge < -0.3 is 10.7 Å². The molecule has 120 valence electrons. The SMILES string of the molecule is N[C@H](CCc1ccc(F)cc1F)c1nc2cc(Cl)c(Cl)cc2[nH]1. The van der Waals surface area contributed by atoms with E-state index in [0.717, 1.165) is 11.6 Å². The lowest BCUT2D eigenvalue weighted by molar-refractivity contribution is 0.556. The van der Waals surface area contributed by atoms with Crippen molar-refractivity contribution < 1.29 is 8.78 Å². The number of nitrogens with two attached hydrogens (primary N) is 1. The molecule has 1 heterocycles. The zero-order valence-corrected chi connectivity index (χ0v) is 13.4. The minimum Gasteiger partial charge on any atom is -0.341 e. The minimum atomic E-state index is -0.596. The average Bonchev–Trinajstić information content (AvgIpc) is 2.89. The number of aromatic nitrogens is 2. The van der Waals surface area contributed by atoms with Gasteiger partial charge in [0, 0.05) is 6.07 Å². The second kappa shape index (κ2) is 6.43. The van der Waals surface area contributed by atoms with E-state index >= 15 is 0 Å². The molecular formula is C16H13Cl2F2N3. The number of H-pyrrole nitrogens is 1. The van der Waals surface area contributed by atoms with Crippen molar-refractivity contribution in [1.29, 1.82) is 0 Å². The maximum absolute atomic E-state index is 13.6. The molecule has 0 aliphatic carbocycles. The maximum Gasteiger partial charge on any atom is 0.129 e. The largest absolute Gasteiger partial charge is 0.341 e. The molecule has 7 heteroatoms. The number of nitrogens with zero attached hydrogens (tertiary/aromatic N) is 1. The average molecular weight is 356 g/mol. The summed E-state index contributed by atoms with van der Waals surface area (Å²) in [5.41, 5.74) is 7.93. The van der Waals surface area contributed by atoms with Gasteiger partial charge in [-0.2, -0.15) is 0 Å². The Morgan fingerprint density at radius 3 is 2.61 bits per heavy atom. The van der Waals surface area contributed by atoms with Crippen LogP contribution in [0.15, 0.2) is 30.3 Å². The van der Waals surface area contributed by atoms with E-state index in [1.54, 1.807) is 12.1 Å². The van der Waals surface area contributed by atoms with E-state index in [1.165, 1.54) is 12.1 Å². The van der Waals surface area contributed by atoms with Crippen LogP contribution in [0.5, 0.6) is 0 Å². The molecule has 3 rings (SSSR count). The summed E-state index contributed by atoms with van der Waals surface area (Å²) in [7, 11) is 0. The van der Waals surface area contributed by atoms with Crippen LogP contribution in [-0.4, -0.2) is 9.97 Å². The van der Waals surface area contributed by atoms with Crippen LogP contribution in [0.4, 0.5) is 8.78 Å². The van der Waals surface area contributed by atoms with Gasteiger partial charge in [-0.25, -0.2) is 13.8 Å². The van der Waals surface area contributed by atoms with Crippen LogP contribution in [0.3, 0.4) is 0 Å². The van der Waals surface area contributed by atoms with Gasteiger partial charge in [-0.15, -0.1) is 0 Å².